The maximum Gasteiger partial charge on any atom is 0.319 e. The Morgan fingerprint density at radius 3 is 2.88 bits per heavy atom. The molecule has 0 aliphatic carbocycles. The molecule has 0 bridgehead atoms. The van der Waals surface area contributed by atoms with Crippen LogP contribution < -0.4 is 15.2 Å². The summed E-state index contributed by atoms with van der Waals surface area (Å²) in [6, 6.07) is 12.1. The van der Waals surface area contributed by atoms with Crippen LogP contribution in [0.5, 0.6) is 11.8 Å². The van der Waals surface area contributed by atoms with Crippen LogP contribution in [0.15, 0.2) is 42.5 Å². The Morgan fingerprint density at radius 2 is 2.00 bits per heavy atom. The lowest BCUT2D eigenvalue weighted by Gasteiger charge is -2.31. The molecule has 3 saturated heterocycles. The van der Waals surface area contributed by atoms with Gasteiger partial charge in [0.2, 0.25) is 0 Å². The molecular formula is C33H33F2N5O2. The van der Waals surface area contributed by atoms with E-state index in [9.17, 15) is 13.9 Å². The molecule has 2 N–H and O–H groups in total. The fourth-order valence-corrected chi connectivity index (χ4v) is 7.02. The van der Waals surface area contributed by atoms with Gasteiger partial charge in [0.15, 0.2) is 5.82 Å². The second kappa shape index (κ2) is 10.7. The van der Waals surface area contributed by atoms with Gasteiger partial charge >= 0.3 is 6.01 Å². The molecule has 3 aliphatic heterocycles. The summed E-state index contributed by atoms with van der Waals surface area (Å²) < 4.78 is 35.5. The van der Waals surface area contributed by atoms with Gasteiger partial charge in [0.1, 0.15) is 24.3 Å². The minimum atomic E-state index is -0.847. The lowest BCUT2D eigenvalue weighted by Crippen LogP contribution is -2.43. The standard InChI is InChI=1S/C33H33F2N5O2/c1-2-25-28(35)10-8-22-15-24(41)17-27(30(22)25)21-7-9-26-29(16-21)37-32(38-31(26)40-14-5-3-4-12-36-40)42-20-33-11-6-13-39(33)19-23(34)18-33/h1,7-10,15-17,23,36,41H,3-6,11-14,18-20H2/t23-,33+/m1/s1. The van der Waals surface area contributed by atoms with Crippen molar-refractivity contribution in [3.05, 3.63) is 53.8 Å². The van der Waals surface area contributed by atoms with E-state index in [1.54, 1.807) is 18.2 Å². The number of alkyl halides is 1. The molecule has 2 atom stereocenters. The number of aromatic hydroxyl groups is 1. The van der Waals surface area contributed by atoms with Crippen LogP contribution in [-0.2, 0) is 0 Å². The number of terminal acetylenes is 1. The van der Waals surface area contributed by atoms with Gasteiger partial charge in [-0.05, 0) is 79.1 Å². The number of ether oxygens (including phenoxy) is 1. The molecule has 7 nitrogen and oxygen atoms in total. The number of phenolic OH excluding ortho intramolecular Hbond substituents is 1. The Balaban J connectivity index is 1.34. The maximum atomic E-state index is 14.8. The van der Waals surface area contributed by atoms with Crippen LogP contribution in [0, 0.1) is 18.2 Å². The largest absolute Gasteiger partial charge is 0.508 e. The van der Waals surface area contributed by atoms with Crippen LogP contribution in [0.1, 0.15) is 44.1 Å². The third-order valence-corrected chi connectivity index (χ3v) is 9.01. The quantitative estimate of drug-likeness (QED) is 0.298. The van der Waals surface area contributed by atoms with Gasteiger partial charge < -0.3 is 9.84 Å². The van der Waals surface area contributed by atoms with Crippen molar-refractivity contribution in [1.82, 2.24) is 20.3 Å². The number of phenols is 1. The Hall–Kier alpha value is -4.00. The summed E-state index contributed by atoms with van der Waals surface area (Å²) in [5, 5.41) is 14.6. The summed E-state index contributed by atoms with van der Waals surface area (Å²) in [6.07, 6.45) is 10.5. The van der Waals surface area contributed by atoms with Crippen molar-refractivity contribution < 1.29 is 18.6 Å². The van der Waals surface area contributed by atoms with Gasteiger partial charge in [0.05, 0.1) is 16.6 Å². The number of hydrazine groups is 1. The molecule has 216 valence electrons. The number of hydrogen-bond acceptors (Lipinski definition) is 7. The van der Waals surface area contributed by atoms with Gasteiger partial charge in [-0.2, -0.15) is 9.97 Å². The summed E-state index contributed by atoms with van der Waals surface area (Å²) in [7, 11) is 0. The maximum absolute atomic E-state index is 14.8. The number of nitrogens with zero attached hydrogens (tertiary/aromatic N) is 4. The van der Waals surface area contributed by atoms with Crippen molar-refractivity contribution in [2.24, 2.45) is 0 Å². The first-order valence-corrected chi connectivity index (χ1v) is 14.7. The van der Waals surface area contributed by atoms with Crippen molar-refractivity contribution in [2.75, 3.05) is 37.8 Å². The smallest absolute Gasteiger partial charge is 0.319 e. The summed E-state index contributed by atoms with van der Waals surface area (Å²) in [5.41, 5.74) is 5.28. The average Bonchev–Trinajstić information content (AvgIpc) is 3.36. The SMILES string of the molecule is C#Cc1c(F)ccc2cc(O)cc(-c3ccc4c(N5CCCCCN5)nc(OC[C@@]56CCCN5C[C@H](F)C6)nc4c3)c12. The zero-order chi connectivity index (χ0) is 28.8. The molecule has 4 aromatic rings. The molecule has 42 heavy (non-hydrogen) atoms. The van der Waals surface area contributed by atoms with E-state index >= 15 is 0 Å². The van der Waals surface area contributed by atoms with E-state index in [2.05, 4.69) is 21.3 Å². The first kappa shape index (κ1) is 26.9. The topological polar surface area (TPSA) is 73.8 Å². The lowest BCUT2D eigenvalue weighted by atomic mass is 9.93. The predicted molar refractivity (Wildman–Crippen MR) is 160 cm³/mol. The van der Waals surface area contributed by atoms with E-state index in [0.717, 1.165) is 68.5 Å². The van der Waals surface area contributed by atoms with E-state index < -0.39 is 12.0 Å². The van der Waals surface area contributed by atoms with Crippen molar-refractivity contribution in [2.45, 2.75) is 50.2 Å². The molecule has 3 aromatic carbocycles. The molecule has 1 aromatic heterocycles. The second-order valence-corrected chi connectivity index (χ2v) is 11.7. The zero-order valence-electron chi connectivity index (χ0n) is 23.4. The van der Waals surface area contributed by atoms with Crippen LogP contribution in [-0.4, -0.2) is 64.5 Å². The molecule has 7 rings (SSSR count). The summed E-state index contributed by atoms with van der Waals surface area (Å²) in [6.45, 7) is 3.29. The molecular weight excluding hydrogens is 536 g/mol. The summed E-state index contributed by atoms with van der Waals surface area (Å²) >= 11 is 0. The van der Waals surface area contributed by atoms with E-state index in [0.29, 0.717) is 41.4 Å². The van der Waals surface area contributed by atoms with Crippen LogP contribution in [0.3, 0.4) is 0 Å². The molecule has 0 radical (unpaired) electrons. The number of rotatable bonds is 5. The monoisotopic (exact) mass is 569 g/mol. The minimum absolute atomic E-state index is 0.0523. The number of nitrogens with one attached hydrogen (secondary N) is 1. The number of fused-ring (bicyclic) bond motifs is 3. The molecule has 4 heterocycles. The molecule has 0 saturated carbocycles. The summed E-state index contributed by atoms with van der Waals surface area (Å²) in [5.74, 6) is 2.77. The van der Waals surface area contributed by atoms with E-state index in [1.807, 2.05) is 18.2 Å². The van der Waals surface area contributed by atoms with Crippen LogP contribution >= 0.6 is 0 Å². The average molecular weight is 570 g/mol. The van der Waals surface area contributed by atoms with Crippen molar-refractivity contribution in [3.63, 3.8) is 0 Å². The predicted octanol–water partition coefficient (Wildman–Crippen LogP) is 5.73. The second-order valence-electron chi connectivity index (χ2n) is 11.7. The third kappa shape index (κ3) is 4.69. The highest BCUT2D eigenvalue weighted by atomic mass is 19.1. The highest BCUT2D eigenvalue weighted by Crippen LogP contribution is 2.41. The highest BCUT2D eigenvalue weighted by molar-refractivity contribution is 6.03. The fraction of sp³-hybridized carbons (Fsp3) is 0.394. The molecule has 0 amide bonds. The van der Waals surface area contributed by atoms with Gasteiger partial charge in [0.25, 0.3) is 0 Å². The third-order valence-electron chi connectivity index (χ3n) is 9.01. The highest BCUT2D eigenvalue weighted by Gasteiger charge is 2.49. The Bertz CT molecular complexity index is 1720. The van der Waals surface area contributed by atoms with Crippen LogP contribution in [0.25, 0.3) is 32.8 Å². The molecule has 9 heteroatoms. The number of aromatic nitrogens is 2. The molecule has 3 fully saturated rings. The van der Waals surface area contributed by atoms with E-state index in [-0.39, 0.29) is 22.9 Å². The van der Waals surface area contributed by atoms with Crippen molar-refractivity contribution in [1.29, 1.82) is 0 Å². The van der Waals surface area contributed by atoms with Gasteiger partial charge in [-0.15, -0.1) is 6.42 Å². The molecule has 0 unspecified atom stereocenters. The van der Waals surface area contributed by atoms with Gasteiger partial charge in [0, 0.05) is 36.8 Å². The minimum Gasteiger partial charge on any atom is -0.508 e. The first-order valence-electron chi connectivity index (χ1n) is 14.7. The number of hydrogen-bond donors (Lipinski definition) is 2. The van der Waals surface area contributed by atoms with Gasteiger partial charge in [-0.25, -0.2) is 14.2 Å². The van der Waals surface area contributed by atoms with Crippen molar-refractivity contribution in [3.8, 4) is 35.2 Å². The van der Waals surface area contributed by atoms with E-state index in [4.69, 9.17) is 21.1 Å². The van der Waals surface area contributed by atoms with Gasteiger partial charge in [-0.3, -0.25) is 9.91 Å². The Kier molecular flexibility index (Phi) is 6.83. The molecule has 0 spiro atoms. The Labute approximate surface area is 243 Å². The first-order chi connectivity index (χ1) is 20.4. The summed E-state index contributed by atoms with van der Waals surface area (Å²) in [4.78, 5) is 11.9. The lowest BCUT2D eigenvalue weighted by molar-refractivity contribution is 0.107. The normalized spacial score (nSPS) is 22.8. The van der Waals surface area contributed by atoms with Gasteiger partial charge in [-0.1, -0.05) is 24.5 Å². The molecule has 3 aliphatic rings. The fourth-order valence-electron chi connectivity index (χ4n) is 7.02. The van der Waals surface area contributed by atoms with Crippen molar-refractivity contribution >= 4 is 27.5 Å². The number of halogens is 2. The van der Waals surface area contributed by atoms with Crippen LogP contribution in [0.4, 0.5) is 14.6 Å². The zero-order valence-corrected chi connectivity index (χ0v) is 23.4. The van der Waals surface area contributed by atoms with Crippen LogP contribution in [0.2, 0.25) is 0 Å². The number of anilines is 1. The van der Waals surface area contributed by atoms with E-state index in [1.165, 1.54) is 6.07 Å². The Morgan fingerprint density at radius 1 is 1.10 bits per heavy atom. The number of benzene rings is 3.